The molecule has 1 aliphatic rings. The van der Waals surface area contributed by atoms with Crippen molar-refractivity contribution in [2.45, 2.75) is 58.5 Å². The largest absolute Gasteiger partial charge is 0.326 e. The number of carbonyl (C=O) groups is 2. The molecule has 0 fully saturated rings. The van der Waals surface area contributed by atoms with Crippen molar-refractivity contribution in [2.75, 3.05) is 10.2 Å². The fourth-order valence-corrected chi connectivity index (χ4v) is 5.97. The van der Waals surface area contributed by atoms with E-state index in [1.165, 1.54) is 0 Å². The minimum Gasteiger partial charge on any atom is -0.326 e. The molecule has 1 aromatic heterocycles. The first-order valence-corrected chi connectivity index (χ1v) is 14.3. The van der Waals surface area contributed by atoms with Gasteiger partial charge in [-0.1, -0.05) is 73.7 Å². The average molecular weight is 548 g/mol. The molecule has 0 saturated heterocycles. The van der Waals surface area contributed by atoms with Crippen LogP contribution in [-0.2, 0) is 9.59 Å². The molecule has 0 spiro atoms. The molecule has 2 amide bonds. The summed E-state index contributed by atoms with van der Waals surface area (Å²) in [4.78, 5) is 27.1. The topological polar surface area (TPSA) is 80.1 Å². The van der Waals surface area contributed by atoms with Crippen LogP contribution in [0.4, 0.5) is 11.4 Å². The summed E-state index contributed by atoms with van der Waals surface area (Å²) in [6, 6.07) is 24.2. The molecule has 5 rings (SSSR count). The first kappa shape index (κ1) is 28.0. The number of benzene rings is 3. The van der Waals surface area contributed by atoms with Gasteiger partial charge in [-0.15, -0.1) is 11.7 Å². The third-order valence-corrected chi connectivity index (χ3v) is 7.98. The number of rotatable bonds is 9. The molecule has 7 heteroatoms. The number of hydrogen-bond donors (Lipinski definition) is 1. The Labute approximate surface area is 241 Å². The molecule has 210 valence electrons. The van der Waals surface area contributed by atoms with Gasteiger partial charge in [0.05, 0.1) is 12.2 Å². The average Bonchev–Trinajstić information content (AvgIpc) is 3.47. The van der Waals surface area contributed by atoms with Gasteiger partial charge >= 0.3 is 0 Å². The predicted octanol–water partition coefficient (Wildman–Crippen LogP) is 7.28. The van der Waals surface area contributed by atoms with Crippen LogP contribution >= 0.6 is 0 Å². The van der Waals surface area contributed by atoms with Crippen molar-refractivity contribution in [3.05, 3.63) is 97.2 Å². The summed E-state index contributed by atoms with van der Waals surface area (Å²) in [5.74, 6) is 0.145. The summed E-state index contributed by atoms with van der Waals surface area (Å²) in [7, 11) is 0. The molecule has 41 heavy (non-hydrogen) atoms. The summed E-state index contributed by atoms with van der Waals surface area (Å²) in [5.41, 5.74) is 6.62. The number of fused-ring (bicyclic) bond motifs is 1. The Hall–Kier alpha value is -4.52. The van der Waals surface area contributed by atoms with Gasteiger partial charge in [-0.25, -0.2) is 4.68 Å². The molecule has 1 N–H and O–H groups in total. The Kier molecular flexibility index (Phi) is 8.43. The van der Waals surface area contributed by atoms with E-state index in [1.54, 1.807) is 6.92 Å². The maximum atomic E-state index is 12.9. The zero-order valence-electron chi connectivity index (χ0n) is 24.0. The van der Waals surface area contributed by atoms with Gasteiger partial charge in [0.25, 0.3) is 0 Å². The Morgan fingerprint density at radius 2 is 1.73 bits per heavy atom. The highest BCUT2D eigenvalue weighted by atomic mass is 16.2. The number of carbonyl (C=O) groups excluding carboxylic acids is 2. The van der Waals surface area contributed by atoms with Crippen LogP contribution < -0.4 is 10.2 Å². The van der Waals surface area contributed by atoms with E-state index < -0.39 is 0 Å². The van der Waals surface area contributed by atoms with Gasteiger partial charge in [-0.05, 0) is 54.7 Å². The molecule has 0 bridgehead atoms. The van der Waals surface area contributed by atoms with E-state index in [0.717, 1.165) is 58.6 Å². The first-order chi connectivity index (χ1) is 19.9. The molecule has 1 aliphatic heterocycles. The Morgan fingerprint density at radius 3 is 2.41 bits per heavy atom. The third kappa shape index (κ3) is 5.85. The van der Waals surface area contributed by atoms with Crippen molar-refractivity contribution in [3.8, 4) is 22.4 Å². The van der Waals surface area contributed by atoms with Gasteiger partial charge in [-0.3, -0.25) is 9.59 Å². The lowest BCUT2D eigenvalue weighted by Crippen LogP contribution is -2.49. The zero-order chi connectivity index (χ0) is 28.9. The second-order valence-corrected chi connectivity index (χ2v) is 10.7. The van der Waals surface area contributed by atoms with E-state index >= 15 is 0 Å². The number of nitrogens with zero attached hydrogens (tertiary/aromatic N) is 4. The van der Waals surface area contributed by atoms with Crippen molar-refractivity contribution in [3.63, 3.8) is 0 Å². The highest BCUT2D eigenvalue weighted by molar-refractivity contribution is 5.94. The van der Waals surface area contributed by atoms with E-state index in [-0.39, 0.29) is 29.8 Å². The number of hydrogen-bond acceptors (Lipinski definition) is 4. The van der Waals surface area contributed by atoms with E-state index in [2.05, 4.69) is 54.3 Å². The zero-order valence-corrected chi connectivity index (χ0v) is 24.0. The van der Waals surface area contributed by atoms with Crippen LogP contribution in [0.15, 0.2) is 91.6 Å². The summed E-state index contributed by atoms with van der Waals surface area (Å²) >= 11 is 0. The molecule has 0 saturated carbocycles. The quantitative estimate of drug-likeness (QED) is 0.176. The maximum Gasteiger partial charge on any atom is 0.224 e. The van der Waals surface area contributed by atoms with Crippen LogP contribution in [-0.4, -0.2) is 32.9 Å². The van der Waals surface area contributed by atoms with E-state index in [4.69, 9.17) is 0 Å². The van der Waals surface area contributed by atoms with E-state index in [0.29, 0.717) is 6.42 Å². The van der Waals surface area contributed by atoms with Crippen molar-refractivity contribution in [2.24, 2.45) is 5.92 Å². The summed E-state index contributed by atoms with van der Waals surface area (Å²) in [6.07, 6.45) is 6.76. The molecule has 1 unspecified atom stereocenters. The minimum atomic E-state index is -0.0930. The number of nitrogens with one attached hydrogen (secondary N) is 1. The third-order valence-electron chi connectivity index (χ3n) is 7.98. The van der Waals surface area contributed by atoms with Crippen molar-refractivity contribution in [1.82, 2.24) is 15.0 Å². The number of allylic oxidation sites excluding steroid dienone is 1. The van der Waals surface area contributed by atoms with Gasteiger partial charge in [0.2, 0.25) is 11.8 Å². The van der Waals surface area contributed by atoms with Crippen LogP contribution in [0, 0.1) is 5.92 Å². The van der Waals surface area contributed by atoms with Crippen LogP contribution in [0.3, 0.4) is 0 Å². The standard InChI is InChI=1S/C34H37N5O2/c1-5-7-9-14-33(41)35-28-18-15-25(16-19-28)27-17-20-32-29(21-27)34(23(3)31(6-2)39(32)24(4)40)38-22-30(36-37-38)26-12-10-8-11-13-26/h5,8,10-13,15-23,31,34H,1,6-7,9,14H2,2-4H3,(H,35,41)/t23-,31+,34?/m1/s1. The SMILES string of the molecule is C=CCCCC(=O)Nc1ccc(-c2ccc3c(c2)C(n2cc(-c4ccccc4)nn2)[C@H](C)[C@H](CC)N3C(C)=O)cc1. The van der Waals surface area contributed by atoms with Crippen molar-refractivity contribution < 1.29 is 9.59 Å². The van der Waals surface area contributed by atoms with E-state index in [9.17, 15) is 9.59 Å². The molecule has 3 atom stereocenters. The Balaban J connectivity index is 1.50. The Bertz CT molecular complexity index is 1530. The van der Waals surface area contributed by atoms with Gasteiger partial charge in [0.15, 0.2) is 0 Å². The molecule has 0 aliphatic carbocycles. The lowest BCUT2D eigenvalue weighted by molar-refractivity contribution is -0.117. The molecule has 0 radical (unpaired) electrons. The fourth-order valence-electron chi connectivity index (χ4n) is 5.97. The lowest BCUT2D eigenvalue weighted by Gasteiger charge is -2.44. The summed E-state index contributed by atoms with van der Waals surface area (Å²) in [5, 5.41) is 12.1. The monoisotopic (exact) mass is 547 g/mol. The molecule has 3 aromatic carbocycles. The number of anilines is 2. The first-order valence-electron chi connectivity index (χ1n) is 14.3. The highest BCUT2D eigenvalue weighted by Crippen LogP contribution is 2.45. The van der Waals surface area contributed by atoms with Crippen LogP contribution in [0.25, 0.3) is 22.4 Å². The smallest absolute Gasteiger partial charge is 0.224 e. The molecular weight excluding hydrogens is 510 g/mol. The van der Waals surface area contributed by atoms with Crippen molar-refractivity contribution in [1.29, 1.82) is 0 Å². The van der Waals surface area contributed by atoms with Crippen LogP contribution in [0.2, 0.25) is 0 Å². The number of unbranched alkanes of at least 4 members (excludes halogenated alkanes) is 1. The normalized spacial score (nSPS) is 18.0. The van der Waals surface area contributed by atoms with Gasteiger partial charge in [-0.2, -0.15) is 0 Å². The second-order valence-electron chi connectivity index (χ2n) is 10.7. The van der Waals surface area contributed by atoms with E-state index in [1.807, 2.05) is 76.5 Å². The summed E-state index contributed by atoms with van der Waals surface area (Å²) in [6.45, 7) is 9.67. The van der Waals surface area contributed by atoms with Crippen molar-refractivity contribution >= 4 is 23.2 Å². The maximum absolute atomic E-state index is 12.9. The number of amides is 2. The molecular formula is C34H37N5O2. The Morgan fingerprint density at radius 1 is 1.00 bits per heavy atom. The fraction of sp³-hybridized carbons (Fsp3) is 0.294. The molecule has 7 nitrogen and oxygen atoms in total. The summed E-state index contributed by atoms with van der Waals surface area (Å²) < 4.78 is 1.96. The molecule has 4 aromatic rings. The highest BCUT2D eigenvalue weighted by Gasteiger charge is 2.41. The minimum absolute atomic E-state index is 0.00252. The van der Waals surface area contributed by atoms with Crippen LogP contribution in [0.5, 0.6) is 0 Å². The van der Waals surface area contributed by atoms with Crippen LogP contribution in [0.1, 0.15) is 58.1 Å². The number of aromatic nitrogens is 3. The predicted molar refractivity (Wildman–Crippen MR) is 165 cm³/mol. The molecule has 2 heterocycles. The lowest BCUT2D eigenvalue weighted by atomic mass is 9.80. The van der Waals surface area contributed by atoms with Gasteiger partial charge < -0.3 is 10.2 Å². The van der Waals surface area contributed by atoms with Gasteiger partial charge in [0, 0.05) is 47.8 Å². The second kappa shape index (κ2) is 12.3. The van der Waals surface area contributed by atoms with Gasteiger partial charge in [0.1, 0.15) is 5.69 Å².